The van der Waals surface area contributed by atoms with Crippen molar-refractivity contribution in [3.8, 4) is 17.2 Å². The molecule has 0 amide bonds. The molecule has 0 atom stereocenters. The molecule has 4 heteroatoms. The van der Waals surface area contributed by atoms with Crippen molar-refractivity contribution in [1.29, 1.82) is 0 Å². The highest BCUT2D eigenvalue weighted by atomic mass is 16.5. The number of hydrogen-bond acceptors (Lipinski definition) is 4. The smallest absolute Gasteiger partial charge is 0.127 e. The molecule has 0 aromatic heterocycles. The van der Waals surface area contributed by atoms with E-state index in [2.05, 4.69) is 5.32 Å². The number of ether oxygens (including phenoxy) is 3. The number of rotatable bonds is 4. The first-order valence-corrected chi connectivity index (χ1v) is 5.92. The summed E-state index contributed by atoms with van der Waals surface area (Å²) in [6.45, 7) is 2.04. The SMILES string of the molecule is COc1cc(OC)cc(OC2CCNCC2)c1. The summed E-state index contributed by atoms with van der Waals surface area (Å²) in [6, 6.07) is 5.63. The molecule has 1 aromatic rings. The number of methoxy groups -OCH3 is 2. The van der Waals surface area contributed by atoms with Gasteiger partial charge in [-0.1, -0.05) is 0 Å². The van der Waals surface area contributed by atoms with Gasteiger partial charge in [0, 0.05) is 18.2 Å². The molecule has 1 heterocycles. The fourth-order valence-corrected chi connectivity index (χ4v) is 1.96. The normalized spacial score (nSPS) is 16.6. The van der Waals surface area contributed by atoms with E-state index < -0.39 is 0 Å². The van der Waals surface area contributed by atoms with Gasteiger partial charge in [-0.15, -0.1) is 0 Å². The Labute approximate surface area is 102 Å². The predicted molar refractivity (Wildman–Crippen MR) is 66.1 cm³/mol. The second-order valence-electron chi connectivity index (χ2n) is 4.12. The first-order chi connectivity index (χ1) is 8.31. The zero-order valence-electron chi connectivity index (χ0n) is 10.4. The highest BCUT2D eigenvalue weighted by Gasteiger charge is 2.15. The molecule has 17 heavy (non-hydrogen) atoms. The molecule has 0 radical (unpaired) electrons. The van der Waals surface area contributed by atoms with Crippen LogP contribution < -0.4 is 19.5 Å². The molecule has 0 bridgehead atoms. The van der Waals surface area contributed by atoms with Crippen LogP contribution in [0.1, 0.15) is 12.8 Å². The second-order valence-corrected chi connectivity index (χ2v) is 4.12. The van der Waals surface area contributed by atoms with E-state index in [1.807, 2.05) is 18.2 Å². The van der Waals surface area contributed by atoms with Gasteiger partial charge in [0.1, 0.15) is 23.4 Å². The summed E-state index contributed by atoms with van der Waals surface area (Å²) in [7, 11) is 3.28. The van der Waals surface area contributed by atoms with Crippen LogP contribution in [-0.2, 0) is 0 Å². The molecule has 4 nitrogen and oxygen atoms in total. The zero-order valence-corrected chi connectivity index (χ0v) is 10.4. The van der Waals surface area contributed by atoms with E-state index in [4.69, 9.17) is 14.2 Å². The van der Waals surface area contributed by atoms with E-state index in [1.165, 1.54) is 0 Å². The third kappa shape index (κ3) is 3.27. The lowest BCUT2D eigenvalue weighted by Crippen LogP contribution is -2.34. The van der Waals surface area contributed by atoms with Crippen molar-refractivity contribution in [3.63, 3.8) is 0 Å². The molecule has 1 aromatic carbocycles. The third-order valence-electron chi connectivity index (χ3n) is 2.91. The molecule has 1 saturated heterocycles. The van der Waals surface area contributed by atoms with Crippen molar-refractivity contribution in [1.82, 2.24) is 5.32 Å². The summed E-state index contributed by atoms with van der Waals surface area (Å²) in [6.07, 6.45) is 2.37. The number of piperidine rings is 1. The highest BCUT2D eigenvalue weighted by Crippen LogP contribution is 2.28. The molecule has 2 rings (SSSR count). The summed E-state index contributed by atoms with van der Waals surface area (Å²) in [5.74, 6) is 2.33. The Hall–Kier alpha value is -1.42. The van der Waals surface area contributed by atoms with Crippen molar-refractivity contribution in [2.24, 2.45) is 0 Å². The van der Waals surface area contributed by atoms with E-state index in [0.29, 0.717) is 0 Å². The number of benzene rings is 1. The van der Waals surface area contributed by atoms with Gasteiger partial charge in [-0.3, -0.25) is 0 Å². The Morgan fingerprint density at radius 1 is 0.941 bits per heavy atom. The monoisotopic (exact) mass is 237 g/mol. The summed E-state index contributed by atoms with van der Waals surface area (Å²) in [5, 5.41) is 3.32. The van der Waals surface area contributed by atoms with Crippen molar-refractivity contribution >= 4 is 0 Å². The van der Waals surface area contributed by atoms with Crippen molar-refractivity contribution in [3.05, 3.63) is 18.2 Å². The largest absolute Gasteiger partial charge is 0.496 e. The lowest BCUT2D eigenvalue weighted by Gasteiger charge is -2.24. The van der Waals surface area contributed by atoms with Crippen LogP contribution in [0.5, 0.6) is 17.2 Å². The summed E-state index contributed by atoms with van der Waals surface area (Å²) in [5.41, 5.74) is 0. The van der Waals surface area contributed by atoms with Crippen LogP contribution in [0.15, 0.2) is 18.2 Å². The Morgan fingerprint density at radius 2 is 1.47 bits per heavy atom. The van der Waals surface area contributed by atoms with Gasteiger partial charge in [-0.2, -0.15) is 0 Å². The van der Waals surface area contributed by atoms with Crippen LogP contribution in [0.3, 0.4) is 0 Å². The van der Waals surface area contributed by atoms with Crippen LogP contribution in [-0.4, -0.2) is 33.4 Å². The van der Waals surface area contributed by atoms with E-state index in [-0.39, 0.29) is 6.10 Å². The fourth-order valence-electron chi connectivity index (χ4n) is 1.96. The van der Waals surface area contributed by atoms with Gasteiger partial charge in [-0.05, 0) is 25.9 Å². The summed E-state index contributed by atoms with van der Waals surface area (Å²) in [4.78, 5) is 0. The lowest BCUT2D eigenvalue weighted by molar-refractivity contribution is 0.161. The van der Waals surface area contributed by atoms with Crippen LogP contribution in [0.2, 0.25) is 0 Å². The van der Waals surface area contributed by atoms with Crippen molar-refractivity contribution in [2.75, 3.05) is 27.3 Å². The molecule has 94 valence electrons. The molecule has 0 spiro atoms. The first-order valence-electron chi connectivity index (χ1n) is 5.92. The van der Waals surface area contributed by atoms with Crippen LogP contribution in [0.4, 0.5) is 0 Å². The van der Waals surface area contributed by atoms with Crippen molar-refractivity contribution < 1.29 is 14.2 Å². The maximum absolute atomic E-state index is 5.94. The molecule has 1 fully saturated rings. The van der Waals surface area contributed by atoms with E-state index in [1.54, 1.807) is 14.2 Å². The predicted octanol–water partition coefficient (Wildman–Crippen LogP) is 1.83. The lowest BCUT2D eigenvalue weighted by atomic mass is 10.1. The topological polar surface area (TPSA) is 39.7 Å². The van der Waals surface area contributed by atoms with Gasteiger partial charge < -0.3 is 19.5 Å². The summed E-state index contributed by atoms with van der Waals surface area (Å²) >= 11 is 0. The average molecular weight is 237 g/mol. The minimum Gasteiger partial charge on any atom is -0.496 e. The number of nitrogens with one attached hydrogen (secondary N) is 1. The van der Waals surface area contributed by atoms with Crippen LogP contribution >= 0.6 is 0 Å². The van der Waals surface area contributed by atoms with E-state index >= 15 is 0 Å². The first kappa shape index (κ1) is 12.0. The molecule has 0 unspecified atom stereocenters. The molecular formula is C13H19NO3. The zero-order chi connectivity index (χ0) is 12.1. The van der Waals surface area contributed by atoms with Crippen LogP contribution in [0.25, 0.3) is 0 Å². The standard InChI is InChI=1S/C13H19NO3/c1-15-11-7-12(16-2)9-13(8-11)17-10-3-5-14-6-4-10/h7-10,14H,3-6H2,1-2H3. The van der Waals surface area contributed by atoms with Gasteiger partial charge >= 0.3 is 0 Å². The van der Waals surface area contributed by atoms with Crippen LogP contribution in [0, 0.1) is 0 Å². The minimum absolute atomic E-state index is 0.285. The Balaban J connectivity index is 2.07. The van der Waals surface area contributed by atoms with Gasteiger partial charge in [0.05, 0.1) is 14.2 Å². The Morgan fingerprint density at radius 3 is 2.00 bits per heavy atom. The summed E-state index contributed by atoms with van der Waals surface area (Å²) < 4.78 is 16.4. The fraction of sp³-hybridized carbons (Fsp3) is 0.538. The molecule has 0 aliphatic carbocycles. The number of hydrogen-bond donors (Lipinski definition) is 1. The van der Waals surface area contributed by atoms with Gasteiger partial charge in [0.25, 0.3) is 0 Å². The van der Waals surface area contributed by atoms with Gasteiger partial charge in [0.2, 0.25) is 0 Å². The molecular weight excluding hydrogens is 218 g/mol. The quantitative estimate of drug-likeness (QED) is 0.867. The maximum Gasteiger partial charge on any atom is 0.127 e. The maximum atomic E-state index is 5.94. The van der Waals surface area contributed by atoms with Gasteiger partial charge in [0.15, 0.2) is 0 Å². The molecule has 1 N–H and O–H groups in total. The minimum atomic E-state index is 0.285. The highest BCUT2D eigenvalue weighted by molar-refractivity contribution is 5.42. The van der Waals surface area contributed by atoms with E-state index in [9.17, 15) is 0 Å². The average Bonchev–Trinajstić information content (AvgIpc) is 2.39. The molecule has 1 aliphatic heterocycles. The van der Waals surface area contributed by atoms with Crippen molar-refractivity contribution in [2.45, 2.75) is 18.9 Å². The Bertz CT molecular complexity index is 339. The second kappa shape index (κ2) is 5.77. The molecule has 1 aliphatic rings. The molecule has 0 saturated carbocycles. The Kier molecular flexibility index (Phi) is 4.09. The third-order valence-corrected chi connectivity index (χ3v) is 2.91. The van der Waals surface area contributed by atoms with Gasteiger partial charge in [-0.25, -0.2) is 0 Å². The van der Waals surface area contributed by atoms with E-state index in [0.717, 1.165) is 43.2 Å².